The topological polar surface area (TPSA) is 98.7 Å². The van der Waals surface area contributed by atoms with Crippen LogP contribution < -0.4 is 10.5 Å². The Hall–Kier alpha value is -1.86. The van der Waals surface area contributed by atoms with Crippen LogP contribution in [-0.2, 0) is 0 Å². The van der Waals surface area contributed by atoms with E-state index in [2.05, 4.69) is 0 Å². The molecule has 8 heteroatoms. The normalized spacial score (nSPS) is 17.5. The van der Waals surface area contributed by atoms with Gasteiger partial charge in [-0.1, -0.05) is 0 Å². The number of amides is 1. The van der Waals surface area contributed by atoms with Crippen molar-refractivity contribution in [1.29, 1.82) is 0 Å². The summed E-state index contributed by atoms with van der Waals surface area (Å²) >= 11 is 0. The molecule has 0 saturated carbocycles. The molecule has 1 amide bonds. The molecule has 1 atom stereocenters. The Labute approximate surface area is 135 Å². The Morgan fingerprint density at radius 3 is 2.86 bits per heavy atom. The number of carbonyl (C=O) groups is 1. The zero-order chi connectivity index (χ0) is 15.4. The molecule has 1 fully saturated rings. The van der Waals surface area contributed by atoms with E-state index in [4.69, 9.17) is 10.5 Å². The van der Waals surface area contributed by atoms with Crippen LogP contribution in [0.3, 0.4) is 0 Å². The van der Waals surface area contributed by atoms with Gasteiger partial charge >= 0.3 is 5.69 Å². The van der Waals surface area contributed by atoms with E-state index in [1.54, 1.807) is 11.0 Å². The van der Waals surface area contributed by atoms with E-state index in [-0.39, 0.29) is 29.8 Å². The zero-order valence-corrected chi connectivity index (χ0v) is 13.2. The van der Waals surface area contributed by atoms with Crippen molar-refractivity contribution in [2.45, 2.75) is 12.8 Å². The van der Waals surface area contributed by atoms with Crippen molar-refractivity contribution in [3.8, 4) is 5.75 Å². The summed E-state index contributed by atoms with van der Waals surface area (Å²) in [5.41, 5.74) is 5.77. The molecule has 122 valence electrons. The minimum absolute atomic E-state index is 0. The lowest BCUT2D eigenvalue weighted by molar-refractivity contribution is -0.385. The van der Waals surface area contributed by atoms with Gasteiger partial charge in [0.05, 0.1) is 12.0 Å². The average Bonchev–Trinajstić information content (AvgIpc) is 2.53. The van der Waals surface area contributed by atoms with Gasteiger partial charge < -0.3 is 15.4 Å². The third-order valence-corrected chi connectivity index (χ3v) is 3.76. The highest BCUT2D eigenvalue weighted by molar-refractivity contribution is 5.95. The number of nitro groups is 1. The van der Waals surface area contributed by atoms with E-state index in [1.807, 2.05) is 0 Å². The predicted octanol–water partition coefficient (Wildman–Crippen LogP) is 1.84. The van der Waals surface area contributed by atoms with E-state index in [9.17, 15) is 14.9 Å². The van der Waals surface area contributed by atoms with Crippen LogP contribution in [0.5, 0.6) is 5.75 Å². The third kappa shape index (κ3) is 3.86. The molecule has 1 unspecified atom stereocenters. The maximum absolute atomic E-state index is 12.5. The number of piperidine rings is 1. The third-order valence-electron chi connectivity index (χ3n) is 3.76. The number of ether oxygens (including phenoxy) is 1. The van der Waals surface area contributed by atoms with E-state index < -0.39 is 4.92 Å². The molecule has 1 aliphatic heterocycles. The van der Waals surface area contributed by atoms with Crippen LogP contribution in [0.25, 0.3) is 0 Å². The first-order chi connectivity index (χ1) is 10.1. The first kappa shape index (κ1) is 18.2. The number of likely N-dealkylation sites (tertiary alicyclic amines) is 1. The van der Waals surface area contributed by atoms with Gasteiger partial charge in [-0.2, -0.15) is 0 Å². The highest BCUT2D eigenvalue weighted by atomic mass is 35.5. The molecule has 1 aromatic carbocycles. The Morgan fingerprint density at radius 2 is 2.27 bits per heavy atom. The second-order valence-electron chi connectivity index (χ2n) is 5.14. The fourth-order valence-electron chi connectivity index (χ4n) is 2.59. The number of benzene rings is 1. The van der Waals surface area contributed by atoms with Gasteiger partial charge in [0.2, 0.25) is 0 Å². The van der Waals surface area contributed by atoms with Gasteiger partial charge in [-0.3, -0.25) is 14.9 Å². The monoisotopic (exact) mass is 329 g/mol. The van der Waals surface area contributed by atoms with Gasteiger partial charge in [-0.25, -0.2) is 0 Å². The molecule has 0 aliphatic carbocycles. The van der Waals surface area contributed by atoms with E-state index in [0.717, 1.165) is 12.8 Å². The van der Waals surface area contributed by atoms with Crippen molar-refractivity contribution >= 4 is 24.0 Å². The first-order valence-corrected chi connectivity index (χ1v) is 6.88. The molecule has 0 spiro atoms. The van der Waals surface area contributed by atoms with E-state index in [0.29, 0.717) is 31.1 Å². The van der Waals surface area contributed by atoms with Crippen LogP contribution >= 0.6 is 12.4 Å². The Bertz CT molecular complexity index is 553. The molecule has 1 heterocycles. The molecule has 0 bridgehead atoms. The summed E-state index contributed by atoms with van der Waals surface area (Å²) in [7, 11) is 1.36. The number of hydrogen-bond donors (Lipinski definition) is 1. The van der Waals surface area contributed by atoms with Crippen molar-refractivity contribution in [3.05, 3.63) is 33.9 Å². The van der Waals surface area contributed by atoms with Crippen molar-refractivity contribution in [3.63, 3.8) is 0 Å². The van der Waals surface area contributed by atoms with Crippen LogP contribution in [0.4, 0.5) is 5.69 Å². The second-order valence-corrected chi connectivity index (χ2v) is 5.14. The summed E-state index contributed by atoms with van der Waals surface area (Å²) in [4.78, 5) is 24.6. The molecule has 0 radical (unpaired) electrons. The van der Waals surface area contributed by atoms with Crippen molar-refractivity contribution in [2.24, 2.45) is 11.7 Å². The van der Waals surface area contributed by atoms with Gasteiger partial charge in [0.25, 0.3) is 5.91 Å². The zero-order valence-electron chi connectivity index (χ0n) is 12.4. The van der Waals surface area contributed by atoms with Crippen LogP contribution in [-0.4, -0.2) is 42.5 Å². The van der Waals surface area contributed by atoms with Crippen LogP contribution in [0, 0.1) is 16.0 Å². The van der Waals surface area contributed by atoms with Crippen LogP contribution in [0.15, 0.2) is 18.2 Å². The predicted molar refractivity (Wildman–Crippen MR) is 84.6 cm³/mol. The molecule has 1 aliphatic rings. The highest BCUT2D eigenvalue weighted by Gasteiger charge is 2.25. The molecule has 1 aromatic rings. The summed E-state index contributed by atoms with van der Waals surface area (Å²) < 4.78 is 4.94. The van der Waals surface area contributed by atoms with Gasteiger partial charge in [0.1, 0.15) is 0 Å². The standard InChI is InChI=1S/C14H19N3O4.ClH/c1-21-13-5-4-11(7-12(13)17(19)20)14(18)16-6-2-3-10(8-15)9-16;/h4-5,7,10H,2-3,6,8-9,15H2,1H3;1H. The minimum Gasteiger partial charge on any atom is -0.490 e. The SMILES string of the molecule is COc1ccc(C(=O)N2CCCC(CN)C2)cc1[N+](=O)[O-].Cl. The number of hydrogen-bond acceptors (Lipinski definition) is 5. The van der Waals surface area contributed by atoms with Gasteiger partial charge in [0, 0.05) is 24.7 Å². The molecule has 1 saturated heterocycles. The Balaban J connectivity index is 0.00000242. The number of methoxy groups -OCH3 is 1. The van der Waals surface area contributed by atoms with Crippen molar-refractivity contribution < 1.29 is 14.5 Å². The lowest BCUT2D eigenvalue weighted by Crippen LogP contribution is -2.42. The molecular weight excluding hydrogens is 310 g/mol. The maximum Gasteiger partial charge on any atom is 0.311 e. The summed E-state index contributed by atoms with van der Waals surface area (Å²) in [6.07, 6.45) is 1.93. The number of halogens is 1. The average molecular weight is 330 g/mol. The minimum atomic E-state index is -0.547. The molecule has 7 nitrogen and oxygen atoms in total. The quantitative estimate of drug-likeness (QED) is 0.671. The largest absolute Gasteiger partial charge is 0.490 e. The smallest absolute Gasteiger partial charge is 0.311 e. The fourth-order valence-corrected chi connectivity index (χ4v) is 2.59. The summed E-state index contributed by atoms with van der Waals surface area (Å²) in [6, 6.07) is 4.28. The lowest BCUT2D eigenvalue weighted by atomic mass is 9.97. The lowest BCUT2D eigenvalue weighted by Gasteiger charge is -2.32. The number of rotatable bonds is 4. The molecular formula is C14H20ClN3O4. The number of nitro benzene ring substituents is 1. The number of carbonyl (C=O) groups excluding carboxylic acids is 1. The van der Waals surface area contributed by atoms with Crippen molar-refractivity contribution in [2.75, 3.05) is 26.7 Å². The fraction of sp³-hybridized carbons (Fsp3) is 0.500. The summed E-state index contributed by atoms with van der Waals surface area (Å²) in [6.45, 7) is 1.82. The van der Waals surface area contributed by atoms with Crippen molar-refractivity contribution in [1.82, 2.24) is 4.90 Å². The van der Waals surface area contributed by atoms with Crippen LogP contribution in [0.2, 0.25) is 0 Å². The van der Waals surface area contributed by atoms with Gasteiger partial charge in [-0.05, 0) is 37.4 Å². The Morgan fingerprint density at radius 1 is 1.55 bits per heavy atom. The van der Waals surface area contributed by atoms with Gasteiger partial charge in [-0.15, -0.1) is 12.4 Å². The molecule has 2 rings (SSSR count). The van der Waals surface area contributed by atoms with Gasteiger partial charge in [0.15, 0.2) is 5.75 Å². The van der Waals surface area contributed by atoms with E-state index >= 15 is 0 Å². The summed E-state index contributed by atoms with van der Waals surface area (Å²) in [5, 5.41) is 11.0. The molecule has 2 N–H and O–H groups in total. The molecule has 22 heavy (non-hydrogen) atoms. The number of nitrogens with zero attached hydrogens (tertiary/aromatic N) is 2. The maximum atomic E-state index is 12.5. The Kier molecular flexibility index (Phi) is 6.58. The van der Waals surface area contributed by atoms with Crippen LogP contribution in [0.1, 0.15) is 23.2 Å². The first-order valence-electron chi connectivity index (χ1n) is 6.88. The highest BCUT2D eigenvalue weighted by Crippen LogP contribution is 2.28. The van der Waals surface area contributed by atoms with E-state index in [1.165, 1.54) is 19.2 Å². The number of nitrogens with two attached hydrogens (primary N) is 1. The summed E-state index contributed by atoms with van der Waals surface area (Å²) in [5.74, 6) is 0.255. The second kappa shape index (κ2) is 7.95. The molecule has 0 aromatic heterocycles.